The van der Waals surface area contributed by atoms with Gasteiger partial charge in [0.1, 0.15) is 5.75 Å². The molecule has 0 atom stereocenters. The topological polar surface area (TPSA) is 63.3 Å². The van der Waals surface area contributed by atoms with E-state index in [1.54, 1.807) is 18.2 Å². The fourth-order valence-corrected chi connectivity index (χ4v) is 1.18. The van der Waals surface area contributed by atoms with Gasteiger partial charge in [-0.2, -0.15) is 0 Å². The molecule has 0 saturated carbocycles. The lowest BCUT2D eigenvalue weighted by atomic mass is 10.0. The molecular weight excluding hydrogens is 154 g/mol. The maximum absolute atomic E-state index is 10.8. The van der Waals surface area contributed by atoms with Gasteiger partial charge in [0.15, 0.2) is 0 Å². The van der Waals surface area contributed by atoms with E-state index in [4.69, 9.17) is 5.73 Å². The molecular formula is C9H11NO2. The van der Waals surface area contributed by atoms with Crippen LogP contribution < -0.4 is 5.73 Å². The second-order valence-corrected chi connectivity index (χ2v) is 2.52. The van der Waals surface area contributed by atoms with Crippen molar-refractivity contribution in [3.63, 3.8) is 0 Å². The fraction of sp³-hybridized carbons (Fsp3) is 0.222. The monoisotopic (exact) mass is 165 g/mol. The van der Waals surface area contributed by atoms with Crippen molar-refractivity contribution in [3.05, 3.63) is 29.3 Å². The molecule has 0 unspecified atom stereocenters. The molecule has 64 valence electrons. The molecule has 12 heavy (non-hydrogen) atoms. The van der Waals surface area contributed by atoms with E-state index in [9.17, 15) is 9.90 Å². The van der Waals surface area contributed by atoms with E-state index in [2.05, 4.69) is 0 Å². The molecule has 0 bridgehead atoms. The van der Waals surface area contributed by atoms with Crippen molar-refractivity contribution in [2.75, 3.05) is 0 Å². The van der Waals surface area contributed by atoms with Crippen LogP contribution >= 0.6 is 0 Å². The average molecular weight is 165 g/mol. The summed E-state index contributed by atoms with van der Waals surface area (Å²) >= 11 is 0. The number of phenols is 1. The Kier molecular flexibility index (Phi) is 2.33. The summed E-state index contributed by atoms with van der Waals surface area (Å²) in [6.45, 7) is 1.86. The number of carbonyl (C=O) groups is 1. The Morgan fingerprint density at radius 3 is 2.67 bits per heavy atom. The molecule has 1 aromatic carbocycles. The number of carbonyl (C=O) groups excluding carboxylic acids is 1. The minimum absolute atomic E-state index is 0.133. The van der Waals surface area contributed by atoms with Crippen molar-refractivity contribution < 1.29 is 9.90 Å². The first kappa shape index (κ1) is 8.59. The van der Waals surface area contributed by atoms with Crippen LogP contribution in [0.1, 0.15) is 22.8 Å². The van der Waals surface area contributed by atoms with Crippen LogP contribution in [-0.4, -0.2) is 11.0 Å². The van der Waals surface area contributed by atoms with Crippen LogP contribution in [0.5, 0.6) is 5.75 Å². The van der Waals surface area contributed by atoms with Crippen LogP contribution in [0.4, 0.5) is 0 Å². The third-order valence-corrected chi connectivity index (χ3v) is 1.77. The summed E-state index contributed by atoms with van der Waals surface area (Å²) in [4.78, 5) is 10.8. The first-order valence-electron chi connectivity index (χ1n) is 3.77. The van der Waals surface area contributed by atoms with E-state index >= 15 is 0 Å². The first-order chi connectivity index (χ1) is 5.66. The Morgan fingerprint density at radius 2 is 2.25 bits per heavy atom. The predicted octanol–water partition coefficient (Wildman–Crippen LogP) is 1.05. The highest BCUT2D eigenvalue weighted by Crippen LogP contribution is 2.20. The quantitative estimate of drug-likeness (QED) is 0.688. The molecule has 0 aromatic heterocycles. The van der Waals surface area contributed by atoms with Gasteiger partial charge in [-0.05, 0) is 18.6 Å². The fourth-order valence-electron chi connectivity index (χ4n) is 1.18. The van der Waals surface area contributed by atoms with Gasteiger partial charge in [0.05, 0.1) is 0 Å². The zero-order valence-electron chi connectivity index (χ0n) is 6.87. The van der Waals surface area contributed by atoms with E-state index in [0.717, 1.165) is 0 Å². The molecule has 0 aliphatic heterocycles. The van der Waals surface area contributed by atoms with Gasteiger partial charge in [-0.1, -0.05) is 13.0 Å². The molecule has 1 rings (SSSR count). The van der Waals surface area contributed by atoms with Crippen LogP contribution in [0.3, 0.4) is 0 Å². The Balaban J connectivity index is 3.27. The lowest BCUT2D eigenvalue weighted by Gasteiger charge is -2.05. The number of phenolic OH excluding ortho intramolecular Hbond substituents is 1. The Hall–Kier alpha value is -1.51. The largest absolute Gasteiger partial charge is 0.508 e. The maximum Gasteiger partial charge on any atom is 0.249 e. The summed E-state index contributed by atoms with van der Waals surface area (Å²) in [5.74, 6) is -0.364. The van der Waals surface area contributed by atoms with Crippen molar-refractivity contribution in [1.29, 1.82) is 0 Å². The average Bonchev–Trinajstić information content (AvgIpc) is 2.03. The van der Waals surface area contributed by atoms with Crippen molar-refractivity contribution in [1.82, 2.24) is 0 Å². The SMILES string of the molecule is CCc1c(O)cccc1C(N)=O. The molecule has 0 aliphatic rings. The molecule has 0 radical (unpaired) electrons. The number of benzene rings is 1. The predicted molar refractivity (Wildman–Crippen MR) is 46.0 cm³/mol. The standard InChI is InChI=1S/C9H11NO2/c1-2-6-7(9(10)12)4-3-5-8(6)11/h3-5,11H,2H2,1H3,(H2,10,12). The second-order valence-electron chi connectivity index (χ2n) is 2.52. The van der Waals surface area contributed by atoms with Gasteiger partial charge < -0.3 is 10.8 Å². The summed E-state index contributed by atoms with van der Waals surface area (Å²) < 4.78 is 0. The van der Waals surface area contributed by atoms with Crippen LogP contribution in [0, 0.1) is 0 Å². The lowest BCUT2D eigenvalue weighted by molar-refractivity contribution is 0.0999. The van der Waals surface area contributed by atoms with Gasteiger partial charge in [0, 0.05) is 11.1 Å². The van der Waals surface area contributed by atoms with Crippen LogP contribution in [0.25, 0.3) is 0 Å². The molecule has 0 aliphatic carbocycles. The molecule has 3 N–H and O–H groups in total. The number of rotatable bonds is 2. The molecule has 0 fully saturated rings. The molecule has 3 heteroatoms. The van der Waals surface area contributed by atoms with Gasteiger partial charge in [-0.25, -0.2) is 0 Å². The minimum Gasteiger partial charge on any atom is -0.508 e. The van der Waals surface area contributed by atoms with E-state index in [-0.39, 0.29) is 5.75 Å². The molecule has 0 heterocycles. The molecule has 0 spiro atoms. The second kappa shape index (κ2) is 3.26. The van der Waals surface area contributed by atoms with E-state index < -0.39 is 5.91 Å². The highest BCUT2D eigenvalue weighted by Gasteiger charge is 2.09. The van der Waals surface area contributed by atoms with Crippen molar-refractivity contribution in [2.45, 2.75) is 13.3 Å². The zero-order chi connectivity index (χ0) is 9.14. The number of hydrogen-bond donors (Lipinski definition) is 2. The number of aromatic hydroxyl groups is 1. The van der Waals surface area contributed by atoms with Gasteiger partial charge in [-0.15, -0.1) is 0 Å². The van der Waals surface area contributed by atoms with Crippen molar-refractivity contribution in [2.24, 2.45) is 5.73 Å². The summed E-state index contributed by atoms with van der Waals surface area (Å²) in [6, 6.07) is 4.76. The smallest absolute Gasteiger partial charge is 0.249 e. The molecule has 3 nitrogen and oxygen atoms in total. The minimum atomic E-state index is -0.497. The van der Waals surface area contributed by atoms with Crippen molar-refractivity contribution >= 4 is 5.91 Å². The molecule has 1 aromatic rings. The molecule has 0 saturated heterocycles. The summed E-state index contributed by atoms with van der Waals surface area (Å²) in [5.41, 5.74) is 6.13. The zero-order valence-corrected chi connectivity index (χ0v) is 6.87. The highest BCUT2D eigenvalue weighted by atomic mass is 16.3. The van der Waals surface area contributed by atoms with Gasteiger partial charge >= 0.3 is 0 Å². The Morgan fingerprint density at radius 1 is 1.58 bits per heavy atom. The van der Waals surface area contributed by atoms with Crippen LogP contribution in [0.15, 0.2) is 18.2 Å². The molecule has 1 amide bonds. The number of amides is 1. The number of nitrogens with two attached hydrogens (primary N) is 1. The normalized spacial score (nSPS) is 9.75. The highest BCUT2D eigenvalue weighted by molar-refractivity contribution is 5.94. The Bertz CT molecular complexity index is 307. The van der Waals surface area contributed by atoms with Gasteiger partial charge in [0.2, 0.25) is 5.91 Å². The van der Waals surface area contributed by atoms with E-state index in [1.807, 2.05) is 6.92 Å². The van der Waals surface area contributed by atoms with Crippen molar-refractivity contribution in [3.8, 4) is 5.75 Å². The summed E-state index contributed by atoms with van der Waals surface area (Å²) in [5, 5.41) is 9.33. The summed E-state index contributed by atoms with van der Waals surface area (Å²) in [7, 11) is 0. The maximum atomic E-state index is 10.8. The lowest BCUT2D eigenvalue weighted by Crippen LogP contribution is -2.13. The van der Waals surface area contributed by atoms with E-state index in [0.29, 0.717) is 17.5 Å². The van der Waals surface area contributed by atoms with Crippen LogP contribution in [0.2, 0.25) is 0 Å². The summed E-state index contributed by atoms with van der Waals surface area (Å²) in [6.07, 6.45) is 0.602. The number of primary amides is 1. The van der Waals surface area contributed by atoms with Gasteiger partial charge in [-0.3, -0.25) is 4.79 Å². The third kappa shape index (κ3) is 1.39. The van der Waals surface area contributed by atoms with E-state index in [1.165, 1.54) is 0 Å². The van der Waals surface area contributed by atoms with Gasteiger partial charge in [0.25, 0.3) is 0 Å². The first-order valence-corrected chi connectivity index (χ1v) is 3.77. The third-order valence-electron chi connectivity index (χ3n) is 1.77. The van der Waals surface area contributed by atoms with Crippen LogP contribution in [-0.2, 0) is 6.42 Å². The number of hydrogen-bond acceptors (Lipinski definition) is 2. The Labute approximate surface area is 70.8 Å².